The topological polar surface area (TPSA) is 63.4 Å². The van der Waals surface area contributed by atoms with E-state index in [0.717, 1.165) is 21.5 Å². The molecule has 2 N–H and O–H groups in total. The summed E-state index contributed by atoms with van der Waals surface area (Å²) in [6.45, 7) is 4.92. The molecule has 0 aromatic carbocycles. The molecule has 2 atom stereocenters. The molecule has 0 bridgehead atoms. The van der Waals surface area contributed by atoms with Crippen LogP contribution in [0.3, 0.4) is 0 Å². The van der Waals surface area contributed by atoms with Crippen molar-refractivity contribution < 1.29 is 8.42 Å². The smallest absolute Gasteiger partial charge is 0.244 e. The van der Waals surface area contributed by atoms with Gasteiger partial charge in [-0.2, -0.15) is 4.31 Å². The van der Waals surface area contributed by atoms with E-state index in [1.54, 1.807) is 10.4 Å². The summed E-state index contributed by atoms with van der Waals surface area (Å²) in [6.07, 6.45) is 1.89. The number of nitrogens with two attached hydrogens (primary N) is 1. The van der Waals surface area contributed by atoms with Crippen molar-refractivity contribution in [1.82, 2.24) is 4.31 Å². The van der Waals surface area contributed by atoms with Crippen molar-refractivity contribution >= 4 is 37.3 Å². The third-order valence-corrected chi connectivity index (χ3v) is 7.30. The molecule has 1 aliphatic heterocycles. The maximum atomic E-state index is 12.7. The molecule has 0 saturated carbocycles. The fourth-order valence-corrected chi connectivity index (χ4v) is 6.37. The van der Waals surface area contributed by atoms with Crippen LogP contribution in [0.4, 0.5) is 0 Å². The van der Waals surface area contributed by atoms with Crippen LogP contribution in [0.15, 0.2) is 14.7 Å². The van der Waals surface area contributed by atoms with Crippen LogP contribution in [0.1, 0.15) is 24.6 Å². The quantitative estimate of drug-likeness (QED) is 0.893. The summed E-state index contributed by atoms with van der Waals surface area (Å²) < 4.78 is 27.8. The second-order valence-electron chi connectivity index (χ2n) is 5.10. The van der Waals surface area contributed by atoms with Gasteiger partial charge in [-0.1, -0.05) is 0 Å². The molecule has 4 nitrogen and oxygen atoms in total. The molecule has 0 radical (unpaired) electrons. The van der Waals surface area contributed by atoms with Crippen molar-refractivity contribution in [3.63, 3.8) is 0 Å². The van der Waals surface area contributed by atoms with Crippen LogP contribution < -0.4 is 5.73 Å². The number of sulfonamides is 1. The van der Waals surface area contributed by atoms with Gasteiger partial charge in [-0.3, -0.25) is 0 Å². The van der Waals surface area contributed by atoms with Gasteiger partial charge in [0.15, 0.2) is 0 Å². The summed E-state index contributed by atoms with van der Waals surface area (Å²) in [5, 5.41) is 0. The largest absolute Gasteiger partial charge is 0.328 e. The summed E-state index contributed by atoms with van der Waals surface area (Å²) in [6, 6.07) is 1.73. The molecule has 1 aromatic heterocycles. The lowest BCUT2D eigenvalue weighted by atomic mass is 9.93. The highest BCUT2D eigenvalue weighted by atomic mass is 79.9. The van der Waals surface area contributed by atoms with Gasteiger partial charge in [0.1, 0.15) is 0 Å². The van der Waals surface area contributed by atoms with Crippen LogP contribution in [-0.4, -0.2) is 31.9 Å². The van der Waals surface area contributed by atoms with E-state index in [1.165, 1.54) is 11.3 Å². The molecule has 108 valence electrons. The van der Waals surface area contributed by atoms with Crippen LogP contribution in [-0.2, 0) is 10.0 Å². The van der Waals surface area contributed by atoms with Crippen molar-refractivity contribution in [2.75, 3.05) is 13.1 Å². The Bertz CT molecular complexity index is 554. The van der Waals surface area contributed by atoms with Gasteiger partial charge >= 0.3 is 0 Å². The second kappa shape index (κ2) is 5.81. The average molecular weight is 367 g/mol. The van der Waals surface area contributed by atoms with Crippen molar-refractivity contribution in [3.8, 4) is 0 Å². The lowest BCUT2D eigenvalue weighted by Gasteiger charge is -2.33. The number of piperidine rings is 1. The van der Waals surface area contributed by atoms with E-state index in [4.69, 9.17) is 5.73 Å². The van der Waals surface area contributed by atoms with Crippen LogP contribution in [0, 0.1) is 12.8 Å². The van der Waals surface area contributed by atoms with Gasteiger partial charge in [-0.05, 0) is 54.6 Å². The molecule has 0 amide bonds. The van der Waals surface area contributed by atoms with E-state index in [2.05, 4.69) is 15.9 Å². The third kappa shape index (κ3) is 3.21. The van der Waals surface area contributed by atoms with Crippen LogP contribution in [0.25, 0.3) is 0 Å². The summed E-state index contributed by atoms with van der Waals surface area (Å²) in [5.41, 5.74) is 5.92. The minimum Gasteiger partial charge on any atom is -0.328 e. The maximum Gasteiger partial charge on any atom is 0.244 e. The van der Waals surface area contributed by atoms with Crippen molar-refractivity contribution in [3.05, 3.63) is 14.7 Å². The number of halogens is 1. The summed E-state index contributed by atoms with van der Waals surface area (Å²) >= 11 is 4.80. The highest BCUT2D eigenvalue weighted by Gasteiger charge is 2.33. The Hall–Kier alpha value is 0.0500. The highest BCUT2D eigenvalue weighted by Crippen LogP contribution is 2.33. The van der Waals surface area contributed by atoms with Gasteiger partial charge in [0.05, 0.1) is 8.68 Å². The van der Waals surface area contributed by atoms with E-state index in [9.17, 15) is 8.42 Å². The third-order valence-electron chi connectivity index (χ3n) is 3.62. The molecular weight excluding hydrogens is 348 g/mol. The predicted octanol–water partition coefficient (Wildman–Crippen LogP) is 2.57. The van der Waals surface area contributed by atoms with Gasteiger partial charge in [0.2, 0.25) is 10.0 Å². The van der Waals surface area contributed by atoms with Gasteiger partial charge in [-0.15, -0.1) is 11.3 Å². The molecule has 1 saturated heterocycles. The molecule has 0 aliphatic carbocycles. The molecule has 2 heterocycles. The lowest BCUT2D eigenvalue weighted by molar-refractivity contribution is 0.243. The summed E-state index contributed by atoms with van der Waals surface area (Å²) in [5.74, 6) is 0.255. The average Bonchev–Trinajstić information content (AvgIpc) is 2.69. The normalized spacial score (nSPS) is 23.5. The molecule has 1 aliphatic rings. The Morgan fingerprint density at radius 1 is 1.58 bits per heavy atom. The van der Waals surface area contributed by atoms with Crippen molar-refractivity contribution in [1.29, 1.82) is 0 Å². The summed E-state index contributed by atoms with van der Waals surface area (Å²) in [7, 11) is -3.38. The Morgan fingerprint density at radius 3 is 2.79 bits per heavy atom. The van der Waals surface area contributed by atoms with E-state index in [1.807, 2.05) is 13.8 Å². The van der Waals surface area contributed by atoms with E-state index in [-0.39, 0.29) is 12.0 Å². The summed E-state index contributed by atoms with van der Waals surface area (Å²) in [4.78, 5) is 1.25. The zero-order valence-corrected chi connectivity index (χ0v) is 14.3. The molecule has 7 heteroatoms. The SMILES string of the molecule is Cc1sc(Br)cc1S(=O)(=O)N1CCC[C@H]([C@H](C)N)C1. The molecule has 1 fully saturated rings. The molecular formula is C12H19BrN2O2S2. The first kappa shape index (κ1) is 15.4. The second-order valence-corrected chi connectivity index (χ2v) is 9.64. The maximum absolute atomic E-state index is 12.7. The van der Waals surface area contributed by atoms with E-state index >= 15 is 0 Å². The number of hydrogen-bond acceptors (Lipinski definition) is 4. The highest BCUT2D eigenvalue weighted by molar-refractivity contribution is 9.11. The minimum absolute atomic E-state index is 0.0355. The van der Waals surface area contributed by atoms with Crippen LogP contribution in [0.2, 0.25) is 0 Å². The number of rotatable bonds is 3. The monoisotopic (exact) mass is 366 g/mol. The van der Waals surface area contributed by atoms with Crippen LogP contribution >= 0.6 is 27.3 Å². The first-order valence-electron chi connectivity index (χ1n) is 6.34. The van der Waals surface area contributed by atoms with Gasteiger partial charge in [0, 0.05) is 24.0 Å². The van der Waals surface area contributed by atoms with Crippen molar-refractivity contribution in [2.24, 2.45) is 11.7 Å². The molecule has 1 aromatic rings. The number of hydrogen-bond donors (Lipinski definition) is 1. The molecule has 0 unspecified atom stereocenters. The lowest BCUT2D eigenvalue weighted by Crippen LogP contribution is -2.44. The zero-order chi connectivity index (χ0) is 14.2. The standard InChI is InChI=1S/C12H19BrN2O2S2/c1-8(14)10-4-3-5-15(7-10)19(16,17)11-6-12(13)18-9(11)2/h6,8,10H,3-5,7,14H2,1-2H3/t8-,10-/m0/s1. The first-order valence-corrected chi connectivity index (χ1v) is 9.39. The van der Waals surface area contributed by atoms with Gasteiger partial charge < -0.3 is 5.73 Å². The Labute approximate surface area is 127 Å². The van der Waals surface area contributed by atoms with Crippen LogP contribution in [0.5, 0.6) is 0 Å². The fraction of sp³-hybridized carbons (Fsp3) is 0.667. The number of aryl methyl sites for hydroxylation is 1. The predicted molar refractivity (Wildman–Crippen MR) is 81.9 cm³/mol. The molecule has 2 rings (SSSR count). The van der Waals surface area contributed by atoms with Gasteiger partial charge in [0.25, 0.3) is 0 Å². The number of thiophene rings is 1. The minimum atomic E-state index is -3.38. The van der Waals surface area contributed by atoms with E-state index < -0.39 is 10.0 Å². The first-order chi connectivity index (χ1) is 8.82. The number of nitrogens with zero attached hydrogens (tertiary/aromatic N) is 1. The zero-order valence-electron chi connectivity index (χ0n) is 11.1. The Morgan fingerprint density at radius 2 is 2.26 bits per heavy atom. The Kier molecular flexibility index (Phi) is 4.72. The van der Waals surface area contributed by atoms with Gasteiger partial charge in [-0.25, -0.2) is 8.42 Å². The molecule has 0 spiro atoms. The van der Waals surface area contributed by atoms with E-state index in [0.29, 0.717) is 18.0 Å². The molecule has 19 heavy (non-hydrogen) atoms. The van der Waals surface area contributed by atoms with Crippen molar-refractivity contribution in [2.45, 2.75) is 37.6 Å². The fourth-order valence-electron chi connectivity index (χ4n) is 2.45. The Balaban J connectivity index is 2.27.